The number of fused-ring (bicyclic) bond motifs is 2. The third kappa shape index (κ3) is 3.01. The lowest BCUT2D eigenvalue weighted by Crippen LogP contribution is -2.62. The number of hydrogen-bond acceptors (Lipinski definition) is 5. The third-order valence-electron chi connectivity index (χ3n) is 8.53. The Labute approximate surface area is 199 Å². The minimum absolute atomic E-state index is 0.0148. The number of ether oxygens (including phenoxy) is 1. The minimum atomic E-state index is -0.360. The lowest BCUT2D eigenvalue weighted by Gasteiger charge is -2.67. The fourth-order valence-corrected chi connectivity index (χ4v) is 7.51. The van der Waals surface area contributed by atoms with Gasteiger partial charge in [0.25, 0.3) is 5.69 Å². The Kier molecular flexibility index (Phi) is 5.03. The van der Waals surface area contributed by atoms with Crippen LogP contribution in [0.25, 0.3) is 0 Å². The molecule has 0 bridgehead atoms. The van der Waals surface area contributed by atoms with Crippen LogP contribution in [0.5, 0.6) is 0 Å². The first kappa shape index (κ1) is 22.8. The SMILES string of the molecule is CC1=C[C@@]2(C)[C@@H](c3ccc([N+](=O)[O-])cc3)[C@@]3(CO[C@@H](c4oc(C)c(C)c(=O)c4C)C3)[C@H]2C(C)=C1. The van der Waals surface area contributed by atoms with Crippen molar-refractivity contribution in [2.75, 3.05) is 6.61 Å². The molecule has 1 saturated heterocycles. The highest BCUT2D eigenvalue weighted by Gasteiger charge is 2.71. The van der Waals surface area contributed by atoms with Crippen LogP contribution in [0.2, 0.25) is 0 Å². The van der Waals surface area contributed by atoms with Crippen molar-refractivity contribution in [2.45, 2.75) is 60.0 Å². The van der Waals surface area contributed by atoms with Crippen LogP contribution in [-0.2, 0) is 4.74 Å². The number of nitro benzene ring substituents is 1. The van der Waals surface area contributed by atoms with Gasteiger partial charge in [-0.05, 0) is 52.5 Å². The zero-order valence-corrected chi connectivity index (χ0v) is 20.6. The van der Waals surface area contributed by atoms with Crippen LogP contribution in [-0.4, -0.2) is 11.5 Å². The summed E-state index contributed by atoms with van der Waals surface area (Å²) in [5, 5.41) is 11.2. The summed E-state index contributed by atoms with van der Waals surface area (Å²) in [6.45, 7) is 12.6. The van der Waals surface area contributed by atoms with Crippen molar-refractivity contribution in [3.63, 3.8) is 0 Å². The molecule has 6 nitrogen and oxygen atoms in total. The molecule has 0 N–H and O–H groups in total. The summed E-state index contributed by atoms with van der Waals surface area (Å²) < 4.78 is 12.5. The van der Waals surface area contributed by atoms with E-state index in [2.05, 4.69) is 32.9 Å². The molecule has 6 heteroatoms. The summed E-state index contributed by atoms with van der Waals surface area (Å²) in [4.78, 5) is 23.6. The van der Waals surface area contributed by atoms with Gasteiger partial charge in [-0.2, -0.15) is 0 Å². The molecule has 34 heavy (non-hydrogen) atoms. The highest BCUT2D eigenvalue weighted by Crippen LogP contribution is 2.76. The summed E-state index contributed by atoms with van der Waals surface area (Å²) in [5.41, 5.74) is 4.73. The molecule has 1 aromatic carbocycles. The summed E-state index contributed by atoms with van der Waals surface area (Å²) in [6.07, 6.45) is 5.06. The quantitative estimate of drug-likeness (QED) is 0.399. The molecule has 178 valence electrons. The van der Waals surface area contributed by atoms with Gasteiger partial charge < -0.3 is 9.15 Å². The van der Waals surface area contributed by atoms with Crippen LogP contribution in [0.3, 0.4) is 0 Å². The molecular formula is C28H31NO5. The Balaban J connectivity index is 1.60. The first-order valence-corrected chi connectivity index (χ1v) is 11.8. The van der Waals surface area contributed by atoms with E-state index in [9.17, 15) is 14.9 Å². The maximum Gasteiger partial charge on any atom is 0.269 e. The zero-order valence-electron chi connectivity index (χ0n) is 20.6. The predicted octanol–water partition coefficient (Wildman–Crippen LogP) is 6.25. The Morgan fingerprint density at radius 1 is 1.03 bits per heavy atom. The normalized spacial score (nSPS) is 32.1. The van der Waals surface area contributed by atoms with Gasteiger partial charge in [0, 0.05) is 40.0 Å². The topological polar surface area (TPSA) is 82.6 Å². The monoisotopic (exact) mass is 461 g/mol. The first-order chi connectivity index (χ1) is 16.0. The number of aryl methyl sites for hydroxylation is 1. The fraction of sp³-hybridized carbons (Fsp3) is 0.464. The second-order valence-corrected chi connectivity index (χ2v) is 10.7. The lowest BCUT2D eigenvalue weighted by atomic mass is 9.35. The summed E-state index contributed by atoms with van der Waals surface area (Å²) in [6, 6.07) is 7.00. The molecule has 1 aliphatic heterocycles. The van der Waals surface area contributed by atoms with Crippen LogP contribution in [0.4, 0.5) is 5.69 Å². The molecule has 0 amide bonds. The van der Waals surface area contributed by atoms with Gasteiger partial charge in [0.15, 0.2) is 5.43 Å². The predicted molar refractivity (Wildman–Crippen MR) is 130 cm³/mol. The molecule has 1 spiro atoms. The van der Waals surface area contributed by atoms with E-state index in [0.29, 0.717) is 29.3 Å². The molecule has 5 atom stereocenters. The largest absolute Gasteiger partial charge is 0.463 e. The van der Waals surface area contributed by atoms with Crippen LogP contribution in [0.1, 0.15) is 67.4 Å². The lowest BCUT2D eigenvalue weighted by molar-refractivity contribution is -0.384. The number of nitrogens with zero attached hydrogens (tertiary/aromatic N) is 1. The standard InChI is InChI=1S/C28H31NO5/c1-15-11-16(2)25-27(6,12-15)26(20-7-9-21(10-8-20)29(31)32)28(25)13-22(33-14-28)24-18(4)23(30)17(3)19(5)34-24/h7-12,22,25-26H,13-14H2,1-6H3/t22-,25+,26-,27-,28+/m1/s1. The Morgan fingerprint density at radius 2 is 1.71 bits per heavy atom. The van der Waals surface area contributed by atoms with Gasteiger partial charge in [-0.25, -0.2) is 0 Å². The Bertz CT molecular complexity index is 1320. The second kappa shape index (κ2) is 7.51. The van der Waals surface area contributed by atoms with Crippen molar-refractivity contribution in [2.24, 2.45) is 16.7 Å². The average Bonchev–Trinajstić information content (AvgIpc) is 3.20. The van der Waals surface area contributed by atoms with Crippen LogP contribution in [0, 0.1) is 47.6 Å². The third-order valence-corrected chi connectivity index (χ3v) is 8.53. The maximum atomic E-state index is 12.8. The van der Waals surface area contributed by atoms with Gasteiger partial charge in [-0.1, -0.05) is 42.4 Å². The zero-order chi connectivity index (χ0) is 24.6. The summed E-state index contributed by atoms with van der Waals surface area (Å²) >= 11 is 0. The Hall–Kier alpha value is -2.99. The van der Waals surface area contributed by atoms with Gasteiger partial charge >= 0.3 is 0 Å². The number of nitro groups is 1. The molecule has 2 aliphatic carbocycles. The van der Waals surface area contributed by atoms with Crippen molar-refractivity contribution in [3.8, 4) is 0 Å². The van der Waals surface area contributed by atoms with E-state index in [1.165, 1.54) is 11.1 Å². The molecule has 0 radical (unpaired) electrons. The van der Waals surface area contributed by atoms with Gasteiger partial charge in [0.2, 0.25) is 0 Å². The van der Waals surface area contributed by atoms with E-state index in [4.69, 9.17) is 9.15 Å². The molecule has 1 aromatic heterocycles. The molecule has 2 heterocycles. The smallest absolute Gasteiger partial charge is 0.269 e. The van der Waals surface area contributed by atoms with E-state index in [0.717, 1.165) is 12.0 Å². The van der Waals surface area contributed by atoms with Crippen LogP contribution in [0.15, 0.2) is 56.8 Å². The second-order valence-electron chi connectivity index (χ2n) is 10.7. The molecule has 0 unspecified atom stereocenters. The number of allylic oxidation sites excluding steroid dienone is 4. The van der Waals surface area contributed by atoms with E-state index >= 15 is 0 Å². The van der Waals surface area contributed by atoms with Gasteiger partial charge in [-0.15, -0.1) is 0 Å². The summed E-state index contributed by atoms with van der Waals surface area (Å²) in [7, 11) is 0. The van der Waals surface area contributed by atoms with Gasteiger partial charge in [-0.3, -0.25) is 14.9 Å². The van der Waals surface area contributed by atoms with Crippen molar-refractivity contribution < 1.29 is 14.1 Å². The first-order valence-electron chi connectivity index (χ1n) is 11.8. The summed E-state index contributed by atoms with van der Waals surface area (Å²) in [5.74, 6) is 1.68. The van der Waals surface area contributed by atoms with Gasteiger partial charge in [0.05, 0.1) is 11.5 Å². The molecule has 2 aromatic rings. The number of benzene rings is 1. The molecular weight excluding hydrogens is 430 g/mol. The van der Waals surface area contributed by atoms with E-state index in [-0.39, 0.29) is 44.8 Å². The number of hydrogen-bond donors (Lipinski definition) is 0. The van der Waals surface area contributed by atoms with Crippen molar-refractivity contribution in [1.82, 2.24) is 0 Å². The number of rotatable bonds is 3. The maximum absolute atomic E-state index is 12.8. The minimum Gasteiger partial charge on any atom is -0.463 e. The highest BCUT2D eigenvalue weighted by molar-refractivity contribution is 5.48. The molecule has 5 rings (SSSR count). The van der Waals surface area contributed by atoms with Crippen molar-refractivity contribution in [3.05, 3.63) is 96.1 Å². The number of non-ortho nitro benzene ring substituents is 1. The van der Waals surface area contributed by atoms with Crippen molar-refractivity contribution >= 4 is 5.69 Å². The van der Waals surface area contributed by atoms with Crippen LogP contribution < -0.4 is 5.43 Å². The van der Waals surface area contributed by atoms with E-state index < -0.39 is 0 Å². The Morgan fingerprint density at radius 3 is 2.35 bits per heavy atom. The molecule has 2 fully saturated rings. The molecule has 3 aliphatic rings. The molecule has 1 saturated carbocycles. The highest BCUT2D eigenvalue weighted by atomic mass is 16.6. The van der Waals surface area contributed by atoms with Crippen LogP contribution >= 0.6 is 0 Å². The fourth-order valence-electron chi connectivity index (χ4n) is 7.51. The van der Waals surface area contributed by atoms with Crippen molar-refractivity contribution in [1.29, 1.82) is 0 Å². The average molecular weight is 462 g/mol. The van der Waals surface area contributed by atoms with E-state index in [1.807, 2.05) is 26.0 Å². The van der Waals surface area contributed by atoms with Gasteiger partial charge in [0.1, 0.15) is 17.6 Å². The van der Waals surface area contributed by atoms with E-state index in [1.54, 1.807) is 19.1 Å².